The third kappa shape index (κ3) is 2.38. The Bertz CT molecular complexity index is 81.4. The van der Waals surface area contributed by atoms with Crippen molar-refractivity contribution in [2.24, 2.45) is 16.8 Å². The molecule has 6 N–H and O–H groups in total. The van der Waals surface area contributed by atoms with Gasteiger partial charge in [0.25, 0.3) is 0 Å². The first-order valence-electron chi connectivity index (χ1n) is 2.19. The van der Waals surface area contributed by atoms with E-state index in [2.05, 4.69) is 10.5 Å². The molecule has 5 heteroatoms. The van der Waals surface area contributed by atoms with Gasteiger partial charge >= 0.3 is 0 Å². The first-order valence-corrected chi connectivity index (χ1v) is 2.19. The monoisotopic (exact) mass is 118 g/mol. The van der Waals surface area contributed by atoms with Gasteiger partial charge < -0.3 is 16.4 Å². The fraction of sp³-hybridized carbons (Fsp3) is 0.667. The molecule has 8 heavy (non-hydrogen) atoms. The van der Waals surface area contributed by atoms with Crippen molar-refractivity contribution in [1.82, 2.24) is 5.43 Å². The molecule has 0 radical (unpaired) electrons. The van der Waals surface area contributed by atoms with Crippen LogP contribution in [0, 0.1) is 0 Å². The lowest BCUT2D eigenvalue weighted by molar-refractivity contribution is 0.306. The number of nitrogens with one attached hydrogen (secondary N) is 1. The Kier molecular flexibility index (Phi) is 3.91. The summed E-state index contributed by atoms with van der Waals surface area (Å²) in [5.41, 5.74) is 2.22. The molecule has 0 saturated carbocycles. The van der Waals surface area contributed by atoms with Crippen LogP contribution in [0.1, 0.15) is 6.42 Å². The van der Waals surface area contributed by atoms with E-state index in [9.17, 15) is 0 Å². The van der Waals surface area contributed by atoms with Gasteiger partial charge in [0.15, 0.2) is 0 Å². The minimum atomic E-state index is 0.000231. The maximum Gasteiger partial charge on any atom is 0.138 e. The minimum Gasteiger partial charge on any atom is -0.396 e. The fourth-order valence-corrected chi connectivity index (χ4v) is 0.280. The molecule has 0 amide bonds. The van der Waals surface area contributed by atoms with Crippen LogP contribution in [-0.2, 0) is 0 Å². The first kappa shape index (κ1) is 7.19. The molecule has 0 spiro atoms. The van der Waals surface area contributed by atoms with E-state index in [4.69, 9.17) is 16.8 Å². The number of hydrogen-bond donors (Lipinski definition) is 4. The number of nitrogens with zero attached hydrogens (tertiary/aromatic N) is 1. The highest BCUT2D eigenvalue weighted by atomic mass is 16.3. The van der Waals surface area contributed by atoms with Gasteiger partial charge in [-0.3, -0.25) is 0 Å². The average molecular weight is 118 g/mol. The number of hydrazone groups is 1. The van der Waals surface area contributed by atoms with E-state index in [1.807, 2.05) is 0 Å². The summed E-state index contributed by atoms with van der Waals surface area (Å²) in [5.74, 6) is 10.1. The Morgan fingerprint density at radius 1 is 1.75 bits per heavy atom. The molecular weight excluding hydrogens is 108 g/mol. The maximum absolute atomic E-state index is 8.27. The van der Waals surface area contributed by atoms with E-state index in [0.29, 0.717) is 12.3 Å². The summed E-state index contributed by atoms with van der Waals surface area (Å²) in [4.78, 5) is 0. The molecule has 0 fully saturated rings. The third-order valence-electron chi connectivity index (χ3n) is 0.671. The van der Waals surface area contributed by atoms with E-state index in [1.165, 1.54) is 0 Å². The van der Waals surface area contributed by atoms with Gasteiger partial charge in [-0.05, 0) is 0 Å². The van der Waals surface area contributed by atoms with E-state index >= 15 is 0 Å². The van der Waals surface area contributed by atoms with Crippen molar-refractivity contribution >= 4 is 5.84 Å². The van der Waals surface area contributed by atoms with Crippen molar-refractivity contribution in [2.45, 2.75) is 6.42 Å². The molecule has 0 aliphatic carbocycles. The Morgan fingerprint density at radius 3 is 2.50 bits per heavy atom. The Labute approximate surface area is 47.3 Å². The number of aliphatic hydroxyl groups excluding tert-OH is 1. The zero-order valence-electron chi connectivity index (χ0n) is 4.46. The molecule has 0 rings (SSSR count). The number of aliphatic hydroxyl groups is 1. The van der Waals surface area contributed by atoms with E-state index in [1.54, 1.807) is 0 Å². The van der Waals surface area contributed by atoms with E-state index in [0.717, 1.165) is 0 Å². The highest BCUT2D eigenvalue weighted by molar-refractivity contribution is 5.81. The summed E-state index contributed by atoms with van der Waals surface area (Å²) in [6.07, 6.45) is 0.368. The standard InChI is InChI=1S/C3H10N4O/c4-6-3(7-5)1-2-8/h8H,1-2,4-5H2,(H,6,7). The lowest BCUT2D eigenvalue weighted by atomic mass is 10.4. The van der Waals surface area contributed by atoms with Gasteiger partial charge in [-0.15, -0.1) is 0 Å². The van der Waals surface area contributed by atoms with E-state index < -0.39 is 0 Å². The Hall–Kier alpha value is -0.810. The number of hydrazine groups is 1. The zero-order valence-corrected chi connectivity index (χ0v) is 4.46. The van der Waals surface area contributed by atoms with Gasteiger partial charge in [0.2, 0.25) is 0 Å². The molecule has 0 atom stereocenters. The smallest absolute Gasteiger partial charge is 0.138 e. The van der Waals surface area contributed by atoms with Crippen molar-refractivity contribution in [2.75, 3.05) is 6.61 Å². The van der Waals surface area contributed by atoms with Crippen LogP contribution in [0.15, 0.2) is 5.10 Å². The van der Waals surface area contributed by atoms with Gasteiger partial charge in [0.1, 0.15) is 5.84 Å². The van der Waals surface area contributed by atoms with Crippen molar-refractivity contribution in [3.05, 3.63) is 0 Å². The molecule has 0 aliphatic rings. The predicted molar refractivity (Wildman–Crippen MR) is 30.6 cm³/mol. The van der Waals surface area contributed by atoms with Gasteiger partial charge in [-0.2, -0.15) is 5.10 Å². The molecule has 0 aliphatic heterocycles. The van der Waals surface area contributed by atoms with E-state index in [-0.39, 0.29) is 6.61 Å². The fourth-order valence-electron chi connectivity index (χ4n) is 0.280. The number of hydrogen-bond acceptors (Lipinski definition) is 4. The zero-order chi connectivity index (χ0) is 6.41. The van der Waals surface area contributed by atoms with Crippen LogP contribution < -0.4 is 17.1 Å². The van der Waals surface area contributed by atoms with Gasteiger partial charge in [0.05, 0.1) is 6.61 Å². The summed E-state index contributed by atoms with van der Waals surface area (Å²) < 4.78 is 0. The highest BCUT2D eigenvalue weighted by Gasteiger charge is 1.90. The second-order valence-corrected chi connectivity index (χ2v) is 1.19. The Balaban J connectivity index is 3.38. The SMILES string of the molecule is N/N=C(/CCO)NN. The number of nitrogens with two attached hydrogens (primary N) is 2. The molecule has 48 valence electrons. The van der Waals surface area contributed by atoms with Crippen LogP contribution in [0.3, 0.4) is 0 Å². The third-order valence-corrected chi connectivity index (χ3v) is 0.671. The molecular formula is C3H10N4O. The van der Waals surface area contributed by atoms with Crippen molar-refractivity contribution < 1.29 is 5.11 Å². The highest BCUT2D eigenvalue weighted by Crippen LogP contribution is 1.74. The van der Waals surface area contributed by atoms with Crippen molar-refractivity contribution in [3.8, 4) is 0 Å². The molecule has 0 heterocycles. The second kappa shape index (κ2) is 4.35. The summed E-state index contributed by atoms with van der Waals surface area (Å²) in [6, 6.07) is 0. The van der Waals surface area contributed by atoms with Gasteiger partial charge in [-0.25, -0.2) is 5.84 Å². The topological polar surface area (TPSA) is 96.7 Å². The number of rotatable bonds is 2. The van der Waals surface area contributed by atoms with Crippen molar-refractivity contribution in [1.29, 1.82) is 0 Å². The van der Waals surface area contributed by atoms with Gasteiger partial charge in [0, 0.05) is 6.42 Å². The predicted octanol–water partition coefficient (Wildman–Crippen LogP) is -1.90. The van der Waals surface area contributed by atoms with Crippen LogP contribution in [-0.4, -0.2) is 17.5 Å². The molecule has 5 nitrogen and oxygen atoms in total. The summed E-state index contributed by atoms with van der Waals surface area (Å²) in [6.45, 7) is 0.000231. The van der Waals surface area contributed by atoms with Crippen LogP contribution in [0.5, 0.6) is 0 Å². The molecule has 0 aromatic heterocycles. The van der Waals surface area contributed by atoms with Crippen molar-refractivity contribution in [3.63, 3.8) is 0 Å². The molecule has 0 saturated heterocycles. The summed E-state index contributed by atoms with van der Waals surface area (Å²) >= 11 is 0. The van der Waals surface area contributed by atoms with Gasteiger partial charge in [-0.1, -0.05) is 0 Å². The van der Waals surface area contributed by atoms with Crippen LogP contribution in [0.25, 0.3) is 0 Å². The maximum atomic E-state index is 8.27. The molecule has 0 bridgehead atoms. The average Bonchev–Trinajstić information content (AvgIpc) is 1.83. The van der Waals surface area contributed by atoms with Crippen LogP contribution >= 0.6 is 0 Å². The lowest BCUT2D eigenvalue weighted by Gasteiger charge is -1.97. The molecule has 0 unspecified atom stereocenters. The summed E-state index contributed by atoms with van der Waals surface area (Å²) in [5, 5.41) is 11.5. The molecule has 0 aromatic rings. The largest absolute Gasteiger partial charge is 0.396 e. The molecule has 0 aromatic carbocycles. The second-order valence-electron chi connectivity index (χ2n) is 1.19. The Morgan fingerprint density at radius 2 is 2.38 bits per heavy atom. The quantitative estimate of drug-likeness (QED) is 0.147. The normalized spacial score (nSPS) is 11.5. The first-order chi connectivity index (χ1) is 3.85. The minimum absolute atomic E-state index is 0.000231. The van der Waals surface area contributed by atoms with Crippen LogP contribution in [0.2, 0.25) is 0 Å². The number of amidine groups is 1. The van der Waals surface area contributed by atoms with Crippen LogP contribution in [0.4, 0.5) is 0 Å². The summed E-state index contributed by atoms with van der Waals surface area (Å²) in [7, 11) is 0. The lowest BCUT2D eigenvalue weighted by Crippen LogP contribution is -2.31.